The Morgan fingerprint density at radius 1 is 0.917 bits per heavy atom. The zero-order chi connectivity index (χ0) is 27.1. The van der Waals surface area contributed by atoms with E-state index in [2.05, 4.69) is 15.6 Å². The third kappa shape index (κ3) is 5.16. The number of pyridine rings is 1. The van der Waals surface area contributed by atoms with E-state index in [-0.39, 0.29) is 38.1 Å². The van der Waals surface area contributed by atoms with Crippen LogP contribution in [0.5, 0.6) is 0 Å². The van der Waals surface area contributed by atoms with Gasteiger partial charge in [-0.1, -0.05) is 23.7 Å². The summed E-state index contributed by atoms with van der Waals surface area (Å²) in [5, 5.41) is 6.52. The highest BCUT2D eigenvalue weighted by Crippen LogP contribution is 2.53. The lowest BCUT2D eigenvalue weighted by Crippen LogP contribution is -2.50. The van der Waals surface area contributed by atoms with Crippen molar-refractivity contribution in [1.29, 1.82) is 0 Å². The van der Waals surface area contributed by atoms with Gasteiger partial charge in [0.15, 0.2) is 0 Å². The molecule has 2 aromatic heterocycles. The molecule has 0 fully saturated rings. The second-order valence-electron chi connectivity index (χ2n) is 7.59. The van der Waals surface area contributed by atoms with E-state index in [1.54, 1.807) is 0 Å². The summed E-state index contributed by atoms with van der Waals surface area (Å²) >= 11 is 6.85. The molecule has 14 heteroatoms. The third-order valence-electron chi connectivity index (χ3n) is 5.05. The summed E-state index contributed by atoms with van der Waals surface area (Å²) in [7, 11) is 0. The van der Waals surface area contributed by atoms with Gasteiger partial charge in [0.25, 0.3) is 11.8 Å². The topological polar surface area (TPSA) is 71.1 Å². The van der Waals surface area contributed by atoms with E-state index in [4.69, 9.17) is 11.6 Å². The highest BCUT2D eigenvalue weighted by atomic mass is 35.5. The standard InChI is InChI=1S/C22H15ClF7N3O2S/c1-10-6-13(20(24,21(25,26)27)22(28,29)30)7-11(2)16(10)33-18(34)12-8-15(36-9-12)32-19(35)14-4-3-5-31-17(14)23/h3-9H,1-2H3,(H,32,35)(H,33,34). The number of aromatic nitrogens is 1. The largest absolute Gasteiger partial charge is 0.435 e. The second-order valence-corrected chi connectivity index (χ2v) is 8.86. The first-order valence-corrected chi connectivity index (χ1v) is 11.1. The van der Waals surface area contributed by atoms with E-state index < -0.39 is 35.4 Å². The van der Waals surface area contributed by atoms with Crippen LogP contribution in [0.4, 0.5) is 41.4 Å². The molecule has 0 saturated carbocycles. The number of carbonyl (C=O) groups excluding carboxylic acids is 2. The second kappa shape index (κ2) is 9.69. The molecule has 0 atom stereocenters. The van der Waals surface area contributed by atoms with Crippen LogP contribution in [-0.4, -0.2) is 29.2 Å². The minimum Gasteiger partial charge on any atom is -0.321 e. The lowest BCUT2D eigenvalue weighted by molar-refractivity contribution is -0.348. The molecule has 2 N–H and O–H groups in total. The van der Waals surface area contributed by atoms with Gasteiger partial charge >= 0.3 is 18.0 Å². The molecule has 5 nitrogen and oxygen atoms in total. The highest BCUT2D eigenvalue weighted by molar-refractivity contribution is 7.14. The third-order valence-corrected chi connectivity index (χ3v) is 6.20. The van der Waals surface area contributed by atoms with Crippen molar-refractivity contribution in [1.82, 2.24) is 4.98 Å². The van der Waals surface area contributed by atoms with Gasteiger partial charge in [0.05, 0.1) is 16.1 Å². The Morgan fingerprint density at radius 2 is 1.50 bits per heavy atom. The maximum Gasteiger partial charge on any atom is 0.435 e. The van der Waals surface area contributed by atoms with Crippen molar-refractivity contribution in [3.8, 4) is 0 Å². The zero-order valence-electron chi connectivity index (χ0n) is 18.2. The molecule has 0 aliphatic heterocycles. The number of amides is 2. The number of hydrogen-bond donors (Lipinski definition) is 2. The molecule has 2 heterocycles. The summed E-state index contributed by atoms with van der Waals surface area (Å²) in [5.74, 6) is -1.35. The minimum absolute atomic E-state index is 0.0349. The number of rotatable bonds is 5. The maximum atomic E-state index is 14.4. The quantitative estimate of drug-likeness (QED) is 0.259. The van der Waals surface area contributed by atoms with Gasteiger partial charge in [-0.05, 0) is 43.2 Å². The fourth-order valence-corrected chi connectivity index (χ4v) is 4.27. The normalized spacial score (nSPS) is 12.4. The maximum absolute atomic E-state index is 14.4. The van der Waals surface area contributed by atoms with Crippen LogP contribution in [-0.2, 0) is 5.67 Å². The van der Waals surface area contributed by atoms with Crippen LogP contribution in [0.1, 0.15) is 37.4 Å². The van der Waals surface area contributed by atoms with Gasteiger partial charge in [0.1, 0.15) is 5.15 Å². The van der Waals surface area contributed by atoms with E-state index in [0.29, 0.717) is 12.1 Å². The fraction of sp³-hybridized carbons (Fsp3) is 0.227. The van der Waals surface area contributed by atoms with E-state index in [1.807, 2.05) is 0 Å². The molecule has 3 aromatic rings. The molecule has 1 aromatic carbocycles. The van der Waals surface area contributed by atoms with Crippen LogP contribution in [0, 0.1) is 13.8 Å². The number of benzene rings is 1. The summed E-state index contributed by atoms with van der Waals surface area (Å²) in [6.45, 7) is 2.27. The van der Waals surface area contributed by atoms with E-state index in [1.165, 1.54) is 29.8 Å². The molecule has 0 bridgehead atoms. The Labute approximate surface area is 208 Å². The SMILES string of the molecule is Cc1cc(C(F)(C(F)(F)F)C(F)(F)F)cc(C)c1NC(=O)c1csc(NC(=O)c2cccnc2Cl)c1. The molecule has 0 radical (unpaired) electrons. The number of hydrogen-bond acceptors (Lipinski definition) is 4. The molecule has 0 saturated heterocycles. The summed E-state index contributed by atoms with van der Waals surface area (Å²) in [6.07, 6.45) is -11.1. The highest BCUT2D eigenvalue weighted by Gasteiger charge is 2.73. The van der Waals surface area contributed by atoms with Gasteiger partial charge in [0, 0.05) is 22.8 Å². The number of halogens is 8. The van der Waals surface area contributed by atoms with Crippen molar-refractivity contribution in [3.05, 3.63) is 74.9 Å². The molecule has 36 heavy (non-hydrogen) atoms. The Kier molecular flexibility index (Phi) is 7.38. The average molecular weight is 554 g/mol. The lowest BCUT2D eigenvalue weighted by atomic mass is 9.90. The van der Waals surface area contributed by atoms with Gasteiger partial charge in [-0.25, -0.2) is 9.37 Å². The molecule has 0 unspecified atom stereocenters. The van der Waals surface area contributed by atoms with E-state index in [9.17, 15) is 40.3 Å². The fourth-order valence-electron chi connectivity index (χ4n) is 3.29. The number of alkyl halides is 7. The molecule has 3 rings (SSSR count). The Balaban J connectivity index is 1.83. The molecule has 2 amide bonds. The number of thiophene rings is 1. The Hall–Kier alpha value is -3.19. The average Bonchev–Trinajstić information content (AvgIpc) is 3.22. The van der Waals surface area contributed by atoms with Gasteiger partial charge in [-0.3, -0.25) is 9.59 Å². The molecule has 0 aliphatic carbocycles. The van der Waals surface area contributed by atoms with Crippen molar-refractivity contribution < 1.29 is 40.3 Å². The van der Waals surface area contributed by atoms with Gasteiger partial charge in [-0.15, -0.1) is 11.3 Å². The molecule has 0 spiro atoms. The number of aryl methyl sites for hydroxylation is 2. The minimum atomic E-state index is -6.26. The van der Waals surface area contributed by atoms with Crippen LogP contribution in [0.25, 0.3) is 0 Å². The van der Waals surface area contributed by atoms with Crippen molar-refractivity contribution in [2.75, 3.05) is 10.6 Å². The first kappa shape index (κ1) is 27.4. The Bertz CT molecular complexity index is 1280. The summed E-state index contributed by atoms with van der Waals surface area (Å²) in [6, 6.07) is 5.02. The van der Waals surface area contributed by atoms with Gasteiger partial charge in [0.2, 0.25) is 0 Å². The van der Waals surface area contributed by atoms with Crippen molar-refractivity contribution in [3.63, 3.8) is 0 Å². The lowest BCUT2D eigenvalue weighted by Gasteiger charge is -2.31. The Morgan fingerprint density at radius 3 is 2.03 bits per heavy atom. The number of carbonyl (C=O) groups is 2. The number of anilines is 2. The zero-order valence-corrected chi connectivity index (χ0v) is 19.8. The van der Waals surface area contributed by atoms with Crippen LogP contribution in [0.2, 0.25) is 5.15 Å². The van der Waals surface area contributed by atoms with E-state index >= 15 is 0 Å². The van der Waals surface area contributed by atoms with Crippen molar-refractivity contribution in [2.45, 2.75) is 31.9 Å². The predicted molar refractivity (Wildman–Crippen MR) is 120 cm³/mol. The molecule has 192 valence electrons. The summed E-state index contributed by atoms with van der Waals surface area (Å²) in [4.78, 5) is 28.8. The van der Waals surface area contributed by atoms with Gasteiger partial charge < -0.3 is 10.6 Å². The van der Waals surface area contributed by atoms with Crippen LogP contribution in [0.15, 0.2) is 41.9 Å². The summed E-state index contributed by atoms with van der Waals surface area (Å²) in [5.41, 5.74) is -7.63. The predicted octanol–water partition coefficient (Wildman–Crippen LogP) is 7.21. The number of nitrogens with zero attached hydrogens (tertiary/aromatic N) is 1. The number of nitrogens with one attached hydrogen (secondary N) is 2. The first-order chi connectivity index (χ1) is 16.6. The van der Waals surface area contributed by atoms with E-state index in [0.717, 1.165) is 25.2 Å². The molecular weight excluding hydrogens is 539 g/mol. The molecular formula is C22H15ClF7N3O2S. The van der Waals surface area contributed by atoms with Gasteiger partial charge in [-0.2, -0.15) is 26.3 Å². The monoisotopic (exact) mass is 553 g/mol. The summed E-state index contributed by atoms with van der Waals surface area (Å²) < 4.78 is 93.0. The van der Waals surface area contributed by atoms with Crippen molar-refractivity contribution in [2.24, 2.45) is 0 Å². The van der Waals surface area contributed by atoms with Crippen LogP contribution in [0.3, 0.4) is 0 Å². The van der Waals surface area contributed by atoms with Crippen molar-refractivity contribution >= 4 is 45.4 Å². The molecule has 0 aliphatic rings. The van der Waals surface area contributed by atoms with Crippen LogP contribution >= 0.6 is 22.9 Å². The smallest absolute Gasteiger partial charge is 0.321 e. The first-order valence-electron chi connectivity index (χ1n) is 9.82. The van der Waals surface area contributed by atoms with Crippen LogP contribution < -0.4 is 10.6 Å².